The Morgan fingerprint density at radius 2 is 2.14 bits per heavy atom. The largest absolute Gasteiger partial charge is 0.465 e. The van der Waals surface area contributed by atoms with E-state index in [-0.39, 0.29) is 5.97 Å². The van der Waals surface area contributed by atoms with E-state index in [1.807, 2.05) is 18.2 Å². The number of carbonyl (C=O) groups excluding carboxylic acids is 1. The van der Waals surface area contributed by atoms with Crippen LogP contribution < -0.4 is 5.32 Å². The summed E-state index contributed by atoms with van der Waals surface area (Å²) in [5.74, 6) is -0.302. The van der Waals surface area contributed by atoms with E-state index < -0.39 is 0 Å². The Kier molecular flexibility index (Phi) is 3.98. The van der Waals surface area contributed by atoms with Gasteiger partial charge in [0, 0.05) is 12.2 Å². The fourth-order valence-corrected chi connectivity index (χ4v) is 1.18. The molecule has 0 heterocycles. The number of benzene rings is 1. The van der Waals surface area contributed by atoms with Crippen LogP contribution in [0, 0.1) is 0 Å². The van der Waals surface area contributed by atoms with Gasteiger partial charge in [0.15, 0.2) is 0 Å². The van der Waals surface area contributed by atoms with E-state index in [0.29, 0.717) is 5.56 Å². The number of ether oxygens (including phenoxy) is 1. The van der Waals surface area contributed by atoms with Crippen molar-refractivity contribution in [3.8, 4) is 0 Å². The summed E-state index contributed by atoms with van der Waals surface area (Å²) in [5, 5.41) is 3.18. The van der Waals surface area contributed by atoms with Crippen LogP contribution in [0.2, 0.25) is 0 Å². The van der Waals surface area contributed by atoms with Crippen LogP contribution in [-0.4, -0.2) is 19.6 Å². The van der Waals surface area contributed by atoms with Gasteiger partial charge in [-0.2, -0.15) is 0 Å². The first-order chi connectivity index (χ1) is 6.79. The summed E-state index contributed by atoms with van der Waals surface area (Å²) in [7, 11) is 1.39. The van der Waals surface area contributed by atoms with Gasteiger partial charge in [0.1, 0.15) is 0 Å². The predicted molar refractivity (Wildman–Crippen MR) is 56.6 cm³/mol. The van der Waals surface area contributed by atoms with Gasteiger partial charge < -0.3 is 10.1 Å². The predicted octanol–water partition coefficient (Wildman–Crippen LogP) is 2.30. The minimum absolute atomic E-state index is 0.302. The molecule has 0 spiro atoms. The number of hydrogen-bond donors (Lipinski definition) is 1. The standard InChI is InChI=1S/C11H15NO2/c1-3-8-12-10-7-5-4-6-9(10)11(13)14-2/h4-7,12H,3,8H2,1-2H3. The third-order valence-electron chi connectivity index (χ3n) is 1.90. The van der Waals surface area contributed by atoms with E-state index in [0.717, 1.165) is 18.7 Å². The maximum Gasteiger partial charge on any atom is 0.339 e. The van der Waals surface area contributed by atoms with Crippen LogP contribution in [-0.2, 0) is 4.74 Å². The van der Waals surface area contributed by atoms with Crippen LogP contribution in [0.5, 0.6) is 0 Å². The van der Waals surface area contributed by atoms with Crippen molar-refractivity contribution in [2.75, 3.05) is 19.0 Å². The number of esters is 1. The maximum absolute atomic E-state index is 11.3. The third kappa shape index (κ3) is 2.49. The Morgan fingerprint density at radius 1 is 1.43 bits per heavy atom. The van der Waals surface area contributed by atoms with Crippen LogP contribution in [0.4, 0.5) is 5.69 Å². The molecule has 1 N–H and O–H groups in total. The van der Waals surface area contributed by atoms with E-state index in [1.165, 1.54) is 7.11 Å². The van der Waals surface area contributed by atoms with Crippen LogP contribution >= 0.6 is 0 Å². The number of nitrogens with one attached hydrogen (secondary N) is 1. The smallest absolute Gasteiger partial charge is 0.339 e. The Labute approximate surface area is 84.1 Å². The molecule has 0 amide bonds. The normalized spacial score (nSPS) is 9.57. The van der Waals surface area contributed by atoms with Crippen molar-refractivity contribution in [1.29, 1.82) is 0 Å². The van der Waals surface area contributed by atoms with E-state index in [9.17, 15) is 4.79 Å². The molecule has 0 bridgehead atoms. The van der Waals surface area contributed by atoms with Crippen molar-refractivity contribution >= 4 is 11.7 Å². The Hall–Kier alpha value is -1.51. The second-order valence-corrected chi connectivity index (χ2v) is 2.96. The van der Waals surface area contributed by atoms with Crippen LogP contribution in [0.15, 0.2) is 24.3 Å². The second kappa shape index (κ2) is 5.27. The summed E-state index contributed by atoms with van der Waals surface area (Å²) in [6, 6.07) is 7.35. The summed E-state index contributed by atoms with van der Waals surface area (Å²) in [4.78, 5) is 11.3. The van der Waals surface area contributed by atoms with Crippen LogP contribution in [0.3, 0.4) is 0 Å². The zero-order valence-electron chi connectivity index (χ0n) is 8.54. The number of methoxy groups -OCH3 is 1. The molecule has 1 aromatic carbocycles. The fourth-order valence-electron chi connectivity index (χ4n) is 1.18. The molecule has 0 aromatic heterocycles. The van der Waals surface area contributed by atoms with Gasteiger partial charge in [0.2, 0.25) is 0 Å². The van der Waals surface area contributed by atoms with Crippen molar-refractivity contribution < 1.29 is 9.53 Å². The van der Waals surface area contributed by atoms with Gasteiger partial charge in [-0.1, -0.05) is 19.1 Å². The molecule has 0 fully saturated rings. The first kappa shape index (κ1) is 10.6. The lowest BCUT2D eigenvalue weighted by molar-refractivity contribution is 0.0602. The van der Waals surface area contributed by atoms with Crippen molar-refractivity contribution in [3.63, 3.8) is 0 Å². The molecular formula is C11H15NO2. The number of para-hydroxylation sites is 1. The zero-order chi connectivity index (χ0) is 10.4. The molecule has 3 nitrogen and oxygen atoms in total. The van der Waals surface area contributed by atoms with Gasteiger partial charge in [-0.15, -0.1) is 0 Å². The molecule has 0 aliphatic heterocycles. The molecule has 3 heteroatoms. The van der Waals surface area contributed by atoms with Gasteiger partial charge in [-0.05, 0) is 18.6 Å². The topological polar surface area (TPSA) is 38.3 Å². The van der Waals surface area contributed by atoms with Gasteiger partial charge in [-0.25, -0.2) is 4.79 Å². The summed E-state index contributed by atoms with van der Waals surface area (Å²) < 4.78 is 4.68. The lowest BCUT2D eigenvalue weighted by atomic mass is 10.2. The van der Waals surface area contributed by atoms with Crippen LogP contribution in [0.1, 0.15) is 23.7 Å². The van der Waals surface area contributed by atoms with E-state index in [4.69, 9.17) is 0 Å². The Balaban J connectivity index is 2.85. The molecular weight excluding hydrogens is 178 g/mol. The zero-order valence-corrected chi connectivity index (χ0v) is 8.54. The quantitative estimate of drug-likeness (QED) is 0.745. The summed E-state index contributed by atoms with van der Waals surface area (Å²) in [5.41, 5.74) is 1.42. The fraction of sp³-hybridized carbons (Fsp3) is 0.364. The Bertz CT molecular complexity index is 310. The molecule has 0 aliphatic carbocycles. The highest BCUT2D eigenvalue weighted by atomic mass is 16.5. The summed E-state index contributed by atoms with van der Waals surface area (Å²) >= 11 is 0. The first-order valence-corrected chi connectivity index (χ1v) is 4.70. The minimum Gasteiger partial charge on any atom is -0.465 e. The monoisotopic (exact) mass is 193 g/mol. The third-order valence-corrected chi connectivity index (χ3v) is 1.90. The second-order valence-electron chi connectivity index (χ2n) is 2.96. The molecule has 1 aromatic rings. The molecule has 0 radical (unpaired) electrons. The number of hydrogen-bond acceptors (Lipinski definition) is 3. The minimum atomic E-state index is -0.302. The van der Waals surface area contributed by atoms with Gasteiger partial charge in [0.05, 0.1) is 12.7 Å². The average Bonchev–Trinajstić information content (AvgIpc) is 2.25. The molecule has 0 saturated heterocycles. The molecule has 14 heavy (non-hydrogen) atoms. The molecule has 0 saturated carbocycles. The van der Waals surface area contributed by atoms with Crippen LogP contribution in [0.25, 0.3) is 0 Å². The van der Waals surface area contributed by atoms with Crippen molar-refractivity contribution in [1.82, 2.24) is 0 Å². The Morgan fingerprint density at radius 3 is 2.79 bits per heavy atom. The highest BCUT2D eigenvalue weighted by molar-refractivity contribution is 5.95. The van der Waals surface area contributed by atoms with Crippen molar-refractivity contribution in [2.45, 2.75) is 13.3 Å². The summed E-state index contributed by atoms with van der Waals surface area (Å²) in [6.45, 7) is 2.93. The molecule has 0 atom stereocenters. The maximum atomic E-state index is 11.3. The van der Waals surface area contributed by atoms with Crippen molar-refractivity contribution in [2.24, 2.45) is 0 Å². The van der Waals surface area contributed by atoms with Gasteiger partial charge in [-0.3, -0.25) is 0 Å². The van der Waals surface area contributed by atoms with Gasteiger partial charge in [0.25, 0.3) is 0 Å². The SMILES string of the molecule is CCCNc1ccccc1C(=O)OC. The first-order valence-electron chi connectivity index (χ1n) is 4.70. The number of rotatable bonds is 4. The highest BCUT2D eigenvalue weighted by Gasteiger charge is 2.09. The summed E-state index contributed by atoms with van der Waals surface area (Å²) in [6.07, 6.45) is 1.02. The lowest BCUT2D eigenvalue weighted by Gasteiger charge is -2.08. The van der Waals surface area contributed by atoms with E-state index >= 15 is 0 Å². The number of carbonyl (C=O) groups is 1. The number of anilines is 1. The molecule has 0 aliphatic rings. The lowest BCUT2D eigenvalue weighted by Crippen LogP contribution is -2.08. The highest BCUT2D eigenvalue weighted by Crippen LogP contribution is 2.15. The molecule has 0 unspecified atom stereocenters. The van der Waals surface area contributed by atoms with E-state index in [2.05, 4.69) is 17.0 Å². The molecule has 1 rings (SSSR count). The van der Waals surface area contributed by atoms with Crippen molar-refractivity contribution in [3.05, 3.63) is 29.8 Å². The average molecular weight is 193 g/mol. The van der Waals surface area contributed by atoms with Gasteiger partial charge >= 0.3 is 5.97 Å². The van der Waals surface area contributed by atoms with E-state index in [1.54, 1.807) is 6.07 Å². The molecule has 76 valence electrons.